The van der Waals surface area contributed by atoms with Gasteiger partial charge in [-0.1, -0.05) is 18.7 Å². The van der Waals surface area contributed by atoms with Crippen molar-refractivity contribution in [1.29, 1.82) is 0 Å². The Morgan fingerprint density at radius 2 is 2.26 bits per heavy atom. The molecule has 1 unspecified atom stereocenters. The molecule has 0 bridgehead atoms. The molecule has 3 rings (SSSR count). The Bertz CT molecular complexity index is 631. The first-order valence-electron chi connectivity index (χ1n) is 7.87. The molecule has 122 valence electrons. The van der Waals surface area contributed by atoms with Crippen molar-refractivity contribution in [2.75, 3.05) is 25.1 Å². The van der Waals surface area contributed by atoms with Gasteiger partial charge in [-0.05, 0) is 37.9 Å². The zero-order valence-electron chi connectivity index (χ0n) is 13.9. The minimum Gasteiger partial charge on any atom is -0.534 e. The molecule has 2 heterocycles. The van der Waals surface area contributed by atoms with E-state index in [2.05, 4.69) is 17.5 Å². The van der Waals surface area contributed by atoms with Crippen molar-refractivity contribution in [3.63, 3.8) is 0 Å². The molecule has 6 heteroatoms. The first-order valence-corrected chi connectivity index (χ1v) is 7.87. The van der Waals surface area contributed by atoms with E-state index in [0.29, 0.717) is 12.3 Å². The number of carbonyl (C=O) groups is 1. The van der Waals surface area contributed by atoms with Crippen molar-refractivity contribution in [2.24, 2.45) is 5.92 Å². The zero-order chi connectivity index (χ0) is 16.6. The van der Waals surface area contributed by atoms with Crippen LogP contribution in [-0.2, 0) is 18.8 Å². The summed E-state index contributed by atoms with van der Waals surface area (Å²) in [4.78, 5) is 13.9. The van der Waals surface area contributed by atoms with E-state index in [0.717, 1.165) is 24.1 Å². The van der Waals surface area contributed by atoms with E-state index in [9.17, 15) is 4.79 Å². The van der Waals surface area contributed by atoms with Crippen LogP contribution in [0, 0.1) is 5.92 Å². The van der Waals surface area contributed by atoms with Gasteiger partial charge in [-0.3, -0.25) is 4.79 Å². The molecular weight excluding hydrogens is 293 g/mol. The van der Waals surface area contributed by atoms with Crippen molar-refractivity contribution in [2.45, 2.75) is 25.9 Å². The summed E-state index contributed by atoms with van der Waals surface area (Å²) in [5, 5.41) is 0. The Kier molecular flexibility index (Phi) is 4.10. The minimum absolute atomic E-state index is 0.0543. The average Bonchev–Trinajstić information content (AvgIpc) is 3.12. The molecule has 1 aromatic rings. The molecule has 0 amide bonds. The van der Waals surface area contributed by atoms with Gasteiger partial charge in [-0.2, -0.15) is 0 Å². The summed E-state index contributed by atoms with van der Waals surface area (Å²) in [5.41, 5.74) is 1.54. The molecule has 0 aromatic heterocycles. The van der Waals surface area contributed by atoms with Crippen molar-refractivity contribution < 1.29 is 18.8 Å². The fourth-order valence-corrected chi connectivity index (χ4v) is 2.99. The van der Waals surface area contributed by atoms with E-state index in [4.69, 9.17) is 14.0 Å². The standard InChI is InChI=1S/C17H22BNO4/c1-12-17(2,3)23-18(22-12)14-6-5-7-15(10-14)19-9-8-13(11-19)16(20)21-4/h5-7,10,13H,1,8-9,11H2,2-4H3. The maximum atomic E-state index is 11.7. The summed E-state index contributed by atoms with van der Waals surface area (Å²) in [7, 11) is 1.01. The van der Waals surface area contributed by atoms with E-state index in [1.165, 1.54) is 7.11 Å². The highest BCUT2D eigenvalue weighted by Gasteiger charge is 2.43. The normalized spacial score (nSPS) is 23.1. The highest BCUT2D eigenvalue weighted by Crippen LogP contribution is 2.30. The summed E-state index contributed by atoms with van der Waals surface area (Å²) in [6, 6.07) is 8.06. The Morgan fingerprint density at radius 3 is 2.91 bits per heavy atom. The van der Waals surface area contributed by atoms with Crippen LogP contribution in [0.4, 0.5) is 5.69 Å². The fraction of sp³-hybridized carbons (Fsp3) is 0.471. The van der Waals surface area contributed by atoms with Gasteiger partial charge in [0.15, 0.2) is 0 Å². The average molecular weight is 315 g/mol. The number of esters is 1. The van der Waals surface area contributed by atoms with Crippen molar-refractivity contribution in [1.82, 2.24) is 0 Å². The minimum atomic E-state index is -0.482. The summed E-state index contributed by atoms with van der Waals surface area (Å²) in [6.45, 7) is 9.32. The maximum Gasteiger partial charge on any atom is 0.563 e. The van der Waals surface area contributed by atoms with Gasteiger partial charge >= 0.3 is 13.1 Å². The third-order valence-electron chi connectivity index (χ3n) is 4.55. The van der Waals surface area contributed by atoms with Crippen LogP contribution in [0.2, 0.25) is 0 Å². The zero-order valence-corrected chi connectivity index (χ0v) is 13.9. The summed E-state index contributed by atoms with van der Waals surface area (Å²) in [5.74, 6) is 0.449. The summed E-state index contributed by atoms with van der Waals surface area (Å²) >= 11 is 0. The lowest BCUT2D eigenvalue weighted by molar-refractivity contribution is -0.144. The molecule has 2 saturated heterocycles. The number of rotatable bonds is 3. The fourth-order valence-electron chi connectivity index (χ4n) is 2.99. The third kappa shape index (κ3) is 3.08. The number of hydrogen-bond acceptors (Lipinski definition) is 5. The number of carbonyl (C=O) groups excluding carboxylic acids is 1. The number of hydrogen-bond donors (Lipinski definition) is 0. The Labute approximate surface area is 137 Å². The Hall–Kier alpha value is -1.95. The van der Waals surface area contributed by atoms with Crippen LogP contribution in [0.15, 0.2) is 36.6 Å². The highest BCUT2D eigenvalue weighted by molar-refractivity contribution is 6.62. The molecule has 2 aliphatic heterocycles. The van der Waals surface area contributed by atoms with E-state index in [-0.39, 0.29) is 11.9 Å². The quantitative estimate of drug-likeness (QED) is 0.628. The summed E-state index contributed by atoms with van der Waals surface area (Å²) < 4.78 is 16.5. The van der Waals surface area contributed by atoms with E-state index in [1.54, 1.807) is 0 Å². The lowest BCUT2D eigenvalue weighted by Gasteiger charge is -2.19. The molecule has 0 spiro atoms. The second-order valence-electron chi connectivity index (χ2n) is 6.55. The van der Waals surface area contributed by atoms with E-state index in [1.807, 2.05) is 32.0 Å². The van der Waals surface area contributed by atoms with Crippen LogP contribution >= 0.6 is 0 Å². The van der Waals surface area contributed by atoms with Crippen molar-refractivity contribution >= 4 is 24.2 Å². The highest BCUT2D eigenvalue weighted by atomic mass is 16.7. The number of methoxy groups -OCH3 is 1. The van der Waals surface area contributed by atoms with Gasteiger partial charge in [-0.25, -0.2) is 0 Å². The van der Waals surface area contributed by atoms with Crippen LogP contribution in [0.1, 0.15) is 20.3 Å². The van der Waals surface area contributed by atoms with Crippen LogP contribution < -0.4 is 10.4 Å². The monoisotopic (exact) mass is 315 g/mol. The molecule has 0 saturated carbocycles. The van der Waals surface area contributed by atoms with Gasteiger partial charge in [0, 0.05) is 18.8 Å². The predicted octanol–water partition coefficient (Wildman–Crippen LogP) is 1.72. The molecule has 1 aromatic carbocycles. The topological polar surface area (TPSA) is 48.0 Å². The van der Waals surface area contributed by atoms with Gasteiger partial charge in [0.2, 0.25) is 0 Å². The van der Waals surface area contributed by atoms with E-state index < -0.39 is 12.7 Å². The van der Waals surface area contributed by atoms with Gasteiger partial charge in [0.25, 0.3) is 0 Å². The molecule has 23 heavy (non-hydrogen) atoms. The number of nitrogens with zero attached hydrogens (tertiary/aromatic N) is 1. The van der Waals surface area contributed by atoms with Crippen LogP contribution in [0.5, 0.6) is 0 Å². The third-order valence-corrected chi connectivity index (χ3v) is 4.55. The lowest BCUT2D eigenvalue weighted by atomic mass is 9.79. The first kappa shape index (κ1) is 15.9. The smallest absolute Gasteiger partial charge is 0.534 e. The van der Waals surface area contributed by atoms with E-state index >= 15 is 0 Å². The van der Waals surface area contributed by atoms with Crippen LogP contribution in [0.25, 0.3) is 0 Å². The van der Waals surface area contributed by atoms with Gasteiger partial charge in [-0.15, -0.1) is 0 Å². The molecule has 0 radical (unpaired) electrons. The van der Waals surface area contributed by atoms with Crippen molar-refractivity contribution in [3.05, 3.63) is 36.6 Å². The molecule has 2 aliphatic rings. The maximum absolute atomic E-state index is 11.7. The Balaban J connectivity index is 1.74. The van der Waals surface area contributed by atoms with Gasteiger partial charge in [0.1, 0.15) is 5.60 Å². The van der Waals surface area contributed by atoms with Gasteiger partial charge in [0.05, 0.1) is 18.8 Å². The van der Waals surface area contributed by atoms with Gasteiger partial charge < -0.3 is 18.9 Å². The second kappa shape index (κ2) is 5.93. The molecule has 1 atom stereocenters. The summed E-state index contributed by atoms with van der Waals surface area (Å²) in [6.07, 6.45) is 0.817. The lowest BCUT2D eigenvalue weighted by Crippen LogP contribution is -2.35. The van der Waals surface area contributed by atoms with Crippen molar-refractivity contribution in [3.8, 4) is 0 Å². The number of benzene rings is 1. The molecule has 0 aliphatic carbocycles. The predicted molar refractivity (Wildman–Crippen MR) is 89.6 cm³/mol. The molecular formula is C17H22BNO4. The molecule has 5 nitrogen and oxygen atoms in total. The largest absolute Gasteiger partial charge is 0.563 e. The second-order valence-corrected chi connectivity index (χ2v) is 6.55. The Morgan fingerprint density at radius 1 is 1.48 bits per heavy atom. The molecule has 2 fully saturated rings. The number of ether oxygens (including phenoxy) is 1. The first-order chi connectivity index (χ1) is 10.9. The number of anilines is 1. The van der Waals surface area contributed by atoms with Crippen LogP contribution in [-0.4, -0.2) is 38.9 Å². The SMILES string of the molecule is C=C1OB(c2cccc(N3CCC(C(=O)OC)C3)c2)OC1(C)C. The molecule has 0 N–H and O–H groups in total. The van der Waals surface area contributed by atoms with Crippen LogP contribution in [0.3, 0.4) is 0 Å².